The summed E-state index contributed by atoms with van der Waals surface area (Å²) in [5, 5.41) is 18.9. The van der Waals surface area contributed by atoms with Gasteiger partial charge in [-0.25, -0.2) is 0 Å². The van der Waals surface area contributed by atoms with Crippen LogP contribution in [0.25, 0.3) is 6.08 Å². The lowest BCUT2D eigenvalue weighted by Gasteiger charge is -1.97. The van der Waals surface area contributed by atoms with Crippen LogP contribution in [0.1, 0.15) is 17.7 Å². The molecule has 76 valence electrons. The molecular formula is C10H9N3O2. The number of nitro groups is 1. The average molecular weight is 203 g/mol. The minimum absolute atomic E-state index is 0.00546. The van der Waals surface area contributed by atoms with Gasteiger partial charge >= 0.3 is 0 Å². The van der Waals surface area contributed by atoms with Crippen molar-refractivity contribution in [3.63, 3.8) is 0 Å². The van der Waals surface area contributed by atoms with Crippen molar-refractivity contribution in [1.29, 1.82) is 5.26 Å². The summed E-state index contributed by atoms with van der Waals surface area (Å²) in [7, 11) is 0. The lowest BCUT2D eigenvalue weighted by Crippen LogP contribution is -1.94. The molecule has 5 nitrogen and oxygen atoms in total. The van der Waals surface area contributed by atoms with Gasteiger partial charge < -0.3 is 0 Å². The number of aromatic nitrogens is 1. The fourth-order valence-corrected chi connectivity index (χ4v) is 1.06. The van der Waals surface area contributed by atoms with E-state index < -0.39 is 4.92 Å². The first kappa shape index (κ1) is 10.9. The molecule has 0 fully saturated rings. The summed E-state index contributed by atoms with van der Waals surface area (Å²) in [6.45, 7) is 1.58. The van der Waals surface area contributed by atoms with E-state index in [4.69, 9.17) is 5.26 Å². The van der Waals surface area contributed by atoms with Gasteiger partial charge in [0.2, 0.25) is 0 Å². The highest BCUT2D eigenvalue weighted by Gasteiger charge is 2.10. The van der Waals surface area contributed by atoms with Crippen molar-refractivity contribution in [2.45, 2.75) is 13.3 Å². The highest BCUT2D eigenvalue weighted by Crippen LogP contribution is 2.17. The van der Waals surface area contributed by atoms with Gasteiger partial charge in [-0.15, -0.1) is 0 Å². The molecule has 1 heterocycles. The van der Waals surface area contributed by atoms with Crippen molar-refractivity contribution in [2.75, 3.05) is 0 Å². The third-order valence-corrected chi connectivity index (χ3v) is 1.80. The molecule has 0 aromatic carbocycles. The fraction of sp³-hybridized carbons (Fsp3) is 0.200. The van der Waals surface area contributed by atoms with Gasteiger partial charge in [-0.05, 0) is 12.5 Å². The average Bonchev–Trinajstić information content (AvgIpc) is 2.20. The quantitative estimate of drug-likeness (QED) is 0.557. The molecule has 0 bridgehead atoms. The van der Waals surface area contributed by atoms with E-state index in [1.54, 1.807) is 19.1 Å². The van der Waals surface area contributed by atoms with Crippen molar-refractivity contribution < 1.29 is 4.92 Å². The van der Waals surface area contributed by atoms with Crippen LogP contribution < -0.4 is 0 Å². The molecule has 0 atom stereocenters. The molecule has 0 unspecified atom stereocenters. The molecule has 15 heavy (non-hydrogen) atoms. The lowest BCUT2D eigenvalue weighted by molar-refractivity contribution is -0.385. The Hall–Kier alpha value is -2.22. The number of aryl methyl sites for hydroxylation is 1. The van der Waals surface area contributed by atoms with Gasteiger partial charge in [0.05, 0.1) is 17.4 Å². The van der Waals surface area contributed by atoms with Gasteiger partial charge in [0.25, 0.3) is 5.69 Å². The van der Waals surface area contributed by atoms with E-state index in [-0.39, 0.29) is 12.1 Å². The highest BCUT2D eigenvalue weighted by molar-refractivity contribution is 5.53. The Balaban J connectivity index is 2.98. The Kier molecular flexibility index (Phi) is 3.52. The van der Waals surface area contributed by atoms with Crippen LogP contribution in [0.2, 0.25) is 0 Å². The summed E-state index contributed by atoms with van der Waals surface area (Å²) in [6, 6.07) is 3.39. The maximum atomic E-state index is 10.6. The number of nitriles is 1. The third-order valence-electron chi connectivity index (χ3n) is 1.80. The molecule has 1 aromatic rings. The first-order valence-corrected chi connectivity index (χ1v) is 4.29. The number of rotatable bonds is 3. The summed E-state index contributed by atoms with van der Waals surface area (Å²) in [4.78, 5) is 14.0. The summed E-state index contributed by atoms with van der Waals surface area (Å²) < 4.78 is 0. The zero-order chi connectivity index (χ0) is 11.3. The molecule has 1 rings (SSSR count). The molecule has 5 heteroatoms. The van der Waals surface area contributed by atoms with E-state index in [9.17, 15) is 10.1 Å². The number of hydrogen-bond acceptors (Lipinski definition) is 4. The summed E-state index contributed by atoms with van der Waals surface area (Å²) in [5.41, 5.74) is 1.01. The van der Waals surface area contributed by atoms with Crippen molar-refractivity contribution in [1.82, 2.24) is 4.98 Å². The fourth-order valence-electron chi connectivity index (χ4n) is 1.06. The van der Waals surface area contributed by atoms with Gasteiger partial charge in [0.15, 0.2) is 0 Å². The van der Waals surface area contributed by atoms with Gasteiger partial charge in [0, 0.05) is 12.3 Å². The smallest absolute Gasteiger partial charge is 0.258 e. The first-order chi connectivity index (χ1) is 7.15. The van der Waals surface area contributed by atoms with Crippen LogP contribution in [0, 0.1) is 28.4 Å². The van der Waals surface area contributed by atoms with Gasteiger partial charge in [-0.1, -0.05) is 12.2 Å². The molecule has 0 radical (unpaired) electrons. The predicted molar refractivity (Wildman–Crippen MR) is 54.9 cm³/mol. The molecule has 0 aliphatic carbocycles. The predicted octanol–water partition coefficient (Wildman–Crippen LogP) is 2.23. The molecule has 0 saturated carbocycles. The van der Waals surface area contributed by atoms with Crippen molar-refractivity contribution >= 4 is 11.8 Å². The zero-order valence-corrected chi connectivity index (χ0v) is 8.17. The summed E-state index contributed by atoms with van der Waals surface area (Å²) in [5.74, 6) is 0. The maximum Gasteiger partial charge on any atom is 0.291 e. The van der Waals surface area contributed by atoms with Gasteiger partial charge in [0.1, 0.15) is 5.69 Å². The lowest BCUT2D eigenvalue weighted by atomic mass is 10.2. The minimum Gasteiger partial charge on any atom is -0.258 e. The number of hydrogen-bond donors (Lipinski definition) is 0. The SMILES string of the molecule is Cc1ncc(C=CCC#N)cc1[N+](=O)[O-]. The van der Waals surface area contributed by atoms with Crippen LogP contribution in [0.3, 0.4) is 0 Å². The van der Waals surface area contributed by atoms with E-state index >= 15 is 0 Å². The Morgan fingerprint density at radius 2 is 2.47 bits per heavy atom. The van der Waals surface area contributed by atoms with Gasteiger partial charge in [-0.3, -0.25) is 15.1 Å². The van der Waals surface area contributed by atoms with E-state index in [1.807, 2.05) is 6.07 Å². The van der Waals surface area contributed by atoms with Crippen LogP contribution >= 0.6 is 0 Å². The molecule has 0 aliphatic heterocycles. The Morgan fingerprint density at radius 3 is 3.07 bits per heavy atom. The standard InChI is InChI=1S/C10H9N3O2/c1-8-10(13(14)15)6-9(7-12-8)4-2-3-5-11/h2,4,6-7H,3H2,1H3. The molecule has 0 saturated heterocycles. The Bertz CT molecular complexity index is 446. The largest absolute Gasteiger partial charge is 0.291 e. The van der Waals surface area contributed by atoms with E-state index in [0.717, 1.165) is 0 Å². The summed E-state index contributed by atoms with van der Waals surface area (Å²) >= 11 is 0. The molecular weight excluding hydrogens is 194 g/mol. The van der Waals surface area contributed by atoms with Gasteiger partial charge in [-0.2, -0.15) is 5.26 Å². The third kappa shape index (κ3) is 2.88. The van der Waals surface area contributed by atoms with Crippen LogP contribution in [-0.2, 0) is 0 Å². The monoisotopic (exact) mass is 203 g/mol. The second-order valence-electron chi connectivity index (χ2n) is 2.89. The molecule has 0 aliphatic rings. The molecule has 0 spiro atoms. The van der Waals surface area contributed by atoms with Crippen molar-refractivity contribution in [3.8, 4) is 6.07 Å². The second-order valence-corrected chi connectivity index (χ2v) is 2.89. The zero-order valence-electron chi connectivity index (χ0n) is 8.17. The van der Waals surface area contributed by atoms with E-state index in [0.29, 0.717) is 11.3 Å². The van der Waals surface area contributed by atoms with Crippen LogP contribution in [0.4, 0.5) is 5.69 Å². The van der Waals surface area contributed by atoms with E-state index in [1.165, 1.54) is 12.3 Å². The van der Waals surface area contributed by atoms with Crippen LogP contribution in [0.15, 0.2) is 18.3 Å². The van der Waals surface area contributed by atoms with Crippen molar-refractivity contribution in [3.05, 3.63) is 39.7 Å². The summed E-state index contributed by atoms with van der Waals surface area (Å²) in [6.07, 6.45) is 5.09. The number of allylic oxidation sites excluding steroid dienone is 1. The second kappa shape index (κ2) is 4.86. The van der Waals surface area contributed by atoms with Crippen molar-refractivity contribution in [2.24, 2.45) is 0 Å². The molecule has 0 N–H and O–H groups in total. The maximum absolute atomic E-state index is 10.6. The highest BCUT2D eigenvalue weighted by atomic mass is 16.6. The number of pyridine rings is 1. The molecule has 1 aromatic heterocycles. The normalized spacial score (nSPS) is 10.1. The molecule has 0 amide bonds. The van der Waals surface area contributed by atoms with Crippen LogP contribution in [-0.4, -0.2) is 9.91 Å². The minimum atomic E-state index is -0.468. The Morgan fingerprint density at radius 1 is 1.73 bits per heavy atom. The Labute approximate surface area is 86.8 Å². The van der Waals surface area contributed by atoms with Crippen LogP contribution in [0.5, 0.6) is 0 Å². The first-order valence-electron chi connectivity index (χ1n) is 4.29. The topological polar surface area (TPSA) is 79.8 Å². The number of nitrogens with zero attached hydrogens (tertiary/aromatic N) is 3. The van der Waals surface area contributed by atoms with E-state index in [2.05, 4.69) is 4.98 Å².